The van der Waals surface area contributed by atoms with Crippen LogP contribution in [0.25, 0.3) is 11.3 Å². The lowest BCUT2D eigenvalue weighted by atomic mass is 10.0. The number of nitrogens with two attached hydrogens (primary N) is 2. The molecule has 31 heavy (non-hydrogen) atoms. The zero-order chi connectivity index (χ0) is 22.7. The Morgan fingerprint density at radius 2 is 1.71 bits per heavy atom. The lowest BCUT2D eigenvalue weighted by Crippen LogP contribution is -2.23. The van der Waals surface area contributed by atoms with Gasteiger partial charge in [-0.05, 0) is 37.0 Å². The summed E-state index contributed by atoms with van der Waals surface area (Å²) in [7, 11) is 0. The van der Waals surface area contributed by atoms with Gasteiger partial charge in [0.25, 0.3) is 11.8 Å². The number of hydrogen-bond donors (Lipinski definition) is 3. The molecule has 2 amide bonds. The fourth-order valence-corrected chi connectivity index (χ4v) is 3.37. The molecule has 5 N–H and O–H groups in total. The Balaban J connectivity index is 1.81. The van der Waals surface area contributed by atoms with Crippen molar-refractivity contribution in [2.24, 2.45) is 11.7 Å². The number of hydrogen-bond acceptors (Lipinski definition) is 4. The number of carbonyl (C=O) groups excluding carboxylic acids is 2. The highest BCUT2D eigenvalue weighted by molar-refractivity contribution is 6.03. The van der Waals surface area contributed by atoms with E-state index in [4.69, 9.17) is 11.5 Å². The molecule has 1 aromatic heterocycles. The number of anilines is 1. The summed E-state index contributed by atoms with van der Waals surface area (Å²) in [6, 6.07) is 15.0. The second-order valence-corrected chi connectivity index (χ2v) is 8.10. The highest BCUT2D eigenvalue weighted by Gasteiger charge is 2.24. The van der Waals surface area contributed by atoms with E-state index in [0.29, 0.717) is 17.8 Å². The number of nitrogen functional groups attached to an aromatic ring is 1. The van der Waals surface area contributed by atoms with Crippen LogP contribution in [-0.4, -0.2) is 21.6 Å². The fourth-order valence-electron chi connectivity index (χ4n) is 3.37. The minimum atomic E-state index is -0.607. The standard InChI is InChI=1S/C24H29N5O2/c1-14(2)16(4)29-22(25)20(23(26)30)21(28-29)18-11-9-17(10-12-18)13-27-24(31)19-8-6-5-7-15(19)3/h5-12,14,16H,13,25H2,1-4H3,(H2,26,30)(H,27,31). The van der Waals surface area contributed by atoms with Gasteiger partial charge in [-0.2, -0.15) is 5.10 Å². The zero-order valence-electron chi connectivity index (χ0n) is 18.3. The van der Waals surface area contributed by atoms with Gasteiger partial charge in [0.15, 0.2) is 0 Å². The van der Waals surface area contributed by atoms with Crippen LogP contribution >= 0.6 is 0 Å². The summed E-state index contributed by atoms with van der Waals surface area (Å²) < 4.78 is 1.66. The number of rotatable bonds is 7. The molecule has 0 saturated carbocycles. The molecule has 0 aliphatic carbocycles. The monoisotopic (exact) mass is 419 g/mol. The molecule has 3 rings (SSSR count). The number of primary amides is 1. The molecule has 0 aliphatic heterocycles. The van der Waals surface area contributed by atoms with Crippen molar-refractivity contribution in [1.29, 1.82) is 0 Å². The molecule has 2 aromatic carbocycles. The maximum Gasteiger partial charge on any atom is 0.254 e. The molecule has 0 bridgehead atoms. The molecule has 1 unspecified atom stereocenters. The average molecular weight is 420 g/mol. The molecule has 1 atom stereocenters. The third kappa shape index (κ3) is 4.60. The van der Waals surface area contributed by atoms with Crippen molar-refractivity contribution in [3.63, 3.8) is 0 Å². The fraction of sp³-hybridized carbons (Fsp3) is 0.292. The minimum absolute atomic E-state index is 0.0165. The SMILES string of the molecule is Cc1ccccc1C(=O)NCc1ccc(-c2nn(C(C)C(C)C)c(N)c2C(N)=O)cc1. The maximum atomic E-state index is 12.4. The Labute approximate surface area is 182 Å². The van der Waals surface area contributed by atoms with Gasteiger partial charge in [0, 0.05) is 17.7 Å². The third-order valence-electron chi connectivity index (χ3n) is 5.61. The van der Waals surface area contributed by atoms with Crippen LogP contribution in [0.3, 0.4) is 0 Å². The number of amides is 2. The normalized spacial score (nSPS) is 12.0. The number of aryl methyl sites for hydroxylation is 1. The number of carbonyl (C=O) groups is 2. The van der Waals surface area contributed by atoms with Crippen LogP contribution in [0, 0.1) is 12.8 Å². The van der Waals surface area contributed by atoms with Gasteiger partial charge in [-0.1, -0.05) is 56.3 Å². The molecule has 0 radical (unpaired) electrons. The summed E-state index contributed by atoms with van der Waals surface area (Å²) in [5.74, 6) is -0.162. The van der Waals surface area contributed by atoms with Gasteiger partial charge in [-0.15, -0.1) is 0 Å². The second kappa shape index (κ2) is 9.04. The van der Waals surface area contributed by atoms with Crippen molar-refractivity contribution >= 4 is 17.6 Å². The van der Waals surface area contributed by atoms with Crippen molar-refractivity contribution < 1.29 is 9.59 Å². The van der Waals surface area contributed by atoms with E-state index in [9.17, 15) is 9.59 Å². The van der Waals surface area contributed by atoms with E-state index < -0.39 is 5.91 Å². The Hall–Kier alpha value is -3.61. The van der Waals surface area contributed by atoms with Crippen LogP contribution in [0.5, 0.6) is 0 Å². The summed E-state index contributed by atoms with van der Waals surface area (Å²) >= 11 is 0. The van der Waals surface area contributed by atoms with Gasteiger partial charge in [0.05, 0.1) is 6.04 Å². The molecule has 7 nitrogen and oxygen atoms in total. The summed E-state index contributed by atoms with van der Waals surface area (Å²) in [4.78, 5) is 24.5. The molecule has 1 heterocycles. The van der Waals surface area contributed by atoms with E-state index in [0.717, 1.165) is 16.7 Å². The van der Waals surface area contributed by atoms with Gasteiger partial charge >= 0.3 is 0 Å². The van der Waals surface area contributed by atoms with Crippen LogP contribution in [0.4, 0.5) is 5.82 Å². The lowest BCUT2D eigenvalue weighted by Gasteiger charge is -2.17. The first-order chi connectivity index (χ1) is 14.7. The summed E-state index contributed by atoms with van der Waals surface area (Å²) in [5, 5.41) is 7.53. The predicted molar refractivity (Wildman–Crippen MR) is 122 cm³/mol. The van der Waals surface area contributed by atoms with E-state index in [1.807, 2.05) is 56.3 Å². The quantitative estimate of drug-likeness (QED) is 0.541. The molecule has 0 spiro atoms. The first-order valence-corrected chi connectivity index (χ1v) is 10.3. The Kier molecular flexibility index (Phi) is 6.44. The number of nitrogens with one attached hydrogen (secondary N) is 1. The smallest absolute Gasteiger partial charge is 0.254 e. The topological polar surface area (TPSA) is 116 Å². The van der Waals surface area contributed by atoms with Gasteiger partial charge < -0.3 is 16.8 Å². The van der Waals surface area contributed by atoms with Crippen molar-refractivity contribution in [1.82, 2.24) is 15.1 Å². The van der Waals surface area contributed by atoms with E-state index in [1.54, 1.807) is 10.7 Å². The molecular weight excluding hydrogens is 390 g/mol. The molecule has 0 saturated heterocycles. The van der Waals surface area contributed by atoms with E-state index >= 15 is 0 Å². The van der Waals surface area contributed by atoms with E-state index in [2.05, 4.69) is 24.3 Å². The largest absolute Gasteiger partial charge is 0.383 e. The van der Waals surface area contributed by atoms with Crippen molar-refractivity contribution in [3.8, 4) is 11.3 Å². The first-order valence-electron chi connectivity index (χ1n) is 10.3. The molecular formula is C24H29N5O2. The number of nitrogens with zero attached hydrogens (tertiary/aromatic N) is 2. The summed E-state index contributed by atoms with van der Waals surface area (Å²) in [6.45, 7) is 8.43. The van der Waals surface area contributed by atoms with Gasteiger partial charge in [-0.25, -0.2) is 4.68 Å². The second-order valence-electron chi connectivity index (χ2n) is 8.10. The van der Waals surface area contributed by atoms with Crippen LogP contribution < -0.4 is 16.8 Å². The van der Waals surface area contributed by atoms with Gasteiger partial charge in [-0.3, -0.25) is 9.59 Å². The summed E-state index contributed by atoms with van der Waals surface area (Å²) in [6.07, 6.45) is 0. The first kappa shape index (κ1) is 22.1. The number of aromatic nitrogens is 2. The van der Waals surface area contributed by atoms with Crippen LogP contribution in [0.2, 0.25) is 0 Å². The third-order valence-corrected chi connectivity index (χ3v) is 5.61. The minimum Gasteiger partial charge on any atom is -0.383 e. The van der Waals surface area contributed by atoms with Crippen LogP contribution in [-0.2, 0) is 6.54 Å². The summed E-state index contributed by atoms with van der Waals surface area (Å²) in [5.41, 5.74) is 15.8. The van der Waals surface area contributed by atoms with Crippen molar-refractivity contribution in [2.45, 2.75) is 40.3 Å². The van der Waals surface area contributed by atoms with Gasteiger partial charge in [0.2, 0.25) is 0 Å². The Morgan fingerprint density at radius 3 is 2.29 bits per heavy atom. The van der Waals surface area contributed by atoms with Gasteiger partial charge in [0.1, 0.15) is 17.1 Å². The maximum absolute atomic E-state index is 12.4. The molecule has 7 heteroatoms. The predicted octanol–water partition coefficient (Wildman–Crippen LogP) is 3.69. The molecule has 0 aliphatic rings. The number of benzene rings is 2. The highest BCUT2D eigenvalue weighted by atomic mass is 16.2. The van der Waals surface area contributed by atoms with Crippen molar-refractivity contribution in [3.05, 3.63) is 70.8 Å². The zero-order valence-corrected chi connectivity index (χ0v) is 18.3. The molecule has 0 fully saturated rings. The molecule has 162 valence electrons. The lowest BCUT2D eigenvalue weighted by molar-refractivity contribution is 0.0949. The Bertz CT molecular complexity index is 1100. The van der Waals surface area contributed by atoms with Crippen molar-refractivity contribution in [2.75, 3.05) is 5.73 Å². The van der Waals surface area contributed by atoms with E-state index in [-0.39, 0.29) is 29.2 Å². The average Bonchev–Trinajstić information content (AvgIpc) is 3.09. The van der Waals surface area contributed by atoms with E-state index in [1.165, 1.54) is 0 Å². The van der Waals surface area contributed by atoms with Crippen LogP contribution in [0.1, 0.15) is 58.7 Å². The molecule has 3 aromatic rings. The highest BCUT2D eigenvalue weighted by Crippen LogP contribution is 2.31. The van der Waals surface area contributed by atoms with Crippen LogP contribution in [0.15, 0.2) is 48.5 Å². The Morgan fingerprint density at radius 1 is 1.06 bits per heavy atom.